The lowest BCUT2D eigenvalue weighted by atomic mass is 9.77. The fourth-order valence-electron chi connectivity index (χ4n) is 2.77. The minimum Gasteiger partial charge on any atom is -0.497 e. The van der Waals surface area contributed by atoms with E-state index in [1.54, 1.807) is 7.11 Å². The smallest absolute Gasteiger partial charge is 0.227 e. The van der Waals surface area contributed by atoms with E-state index in [0.717, 1.165) is 30.6 Å². The Morgan fingerprint density at radius 2 is 1.69 bits per heavy atom. The Balaban J connectivity index is 0.00000196. The van der Waals surface area contributed by atoms with Crippen molar-refractivity contribution in [3.8, 4) is 17.1 Å². The Kier molecular flexibility index (Phi) is 5.24. The van der Waals surface area contributed by atoms with Crippen molar-refractivity contribution in [2.24, 2.45) is 5.73 Å². The number of halogens is 1. The van der Waals surface area contributed by atoms with Crippen molar-refractivity contribution in [3.05, 3.63) is 41.9 Å². The van der Waals surface area contributed by atoms with Gasteiger partial charge in [0.15, 0.2) is 5.82 Å². The fourth-order valence-corrected chi connectivity index (χ4v) is 2.77. The molecule has 138 valence electrons. The first kappa shape index (κ1) is 18.3. The minimum absolute atomic E-state index is 0. The lowest BCUT2D eigenvalue weighted by Crippen LogP contribution is -2.44. The molecule has 1 aliphatic rings. The van der Waals surface area contributed by atoms with E-state index in [-0.39, 0.29) is 12.4 Å². The average Bonchev–Trinajstić information content (AvgIpc) is 3.27. The van der Waals surface area contributed by atoms with E-state index in [9.17, 15) is 0 Å². The van der Waals surface area contributed by atoms with Gasteiger partial charge >= 0.3 is 0 Å². The third-order valence-electron chi connectivity index (χ3n) is 4.53. The molecule has 1 aliphatic carbocycles. The third-order valence-corrected chi connectivity index (χ3v) is 4.53. The highest BCUT2D eigenvalue weighted by Crippen LogP contribution is 2.36. The molecule has 0 bridgehead atoms. The Morgan fingerprint density at radius 3 is 2.31 bits per heavy atom. The summed E-state index contributed by atoms with van der Waals surface area (Å²) in [5.74, 6) is 2.98. The molecule has 0 amide bonds. The SMILES string of the molecule is COc1ccc(-c2noc(CCc3nc(C4(N)CCC4)no3)n2)cc1.Cl. The van der Waals surface area contributed by atoms with E-state index < -0.39 is 5.54 Å². The number of hydrogen-bond donors (Lipinski definition) is 1. The lowest BCUT2D eigenvalue weighted by molar-refractivity contribution is 0.229. The Labute approximate surface area is 156 Å². The molecule has 1 saturated carbocycles. The van der Waals surface area contributed by atoms with Gasteiger partial charge in [-0.1, -0.05) is 10.3 Å². The molecule has 2 heterocycles. The second-order valence-electron chi connectivity index (χ2n) is 6.26. The van der Waals surface area contributed by atoms with E-state index in [4.69, 9.17) is 19.5 Å². The van der Waals surface area contributed by atoms with E-state index in [1.165, 1.54) is 0 Å². The van der Waals surface area contributed by atoms with Crippen molar-refractivity contribution in [2.75, 3.05) is 7.11 Å². The van der Waals surface area contributed by atoms with Crippen molar-refractivity contribution in [1.82, 2.24) is 20.3 Å². The highest BCUT2D eigenvalue weighted by atomic mass is 35.5. The number of aryl methyl sites for hydroxylation is 2. The van der Waals surface area contributed by atoms with Crippen LogP contribution in [0.25, 0.3) is 11.4 Å². The minimum atomic E-state index is -0.409. The van der Waals surface area contributed by atoms with Crippen LogP contribution in [-0.2, 0) is 18.4 Å². The summed E-state index contributed by atoms with van der Waals surface area (Å²) >= 11 is 0. The number of nitrogens with zero attached hydrogens (tertiary/aromatic N) is 4. The first-order chi connectivity index (χ1) is 12.2. The maximum absolute atomic E-state index is 6.20. The molecule has 0 spiro atoms. The molecular weight excluding hydrogens is 358 g/mol. The number of nitrogens with two attached hydrogens (primary N) is 1. The zero-order valence-electron chi connectivity index (χ0n) is 14.3. The summed E-state index contributed by atoms with van der Waals surface area (Å²) in [6.07, 6.45) is 3.98. The molecule has 0 atom stereocenters. The maximum Gasteiger partial charge on any atom is 0.227 e. The average molecular weight is 378 g/mol. The van der Waals surface area contributed by atoms with Crippen LogP contribution in [0.15, 0.2) is 33.3 Å². The topological polar surface area (TPSA) is 113 Å². The molecule has 0 aliphatic heterocycles. The summed E-state index contributed by atoms with van der Waals surface area (Å²) in [5.41, 5.74) is 6.66. The van der Waals surface area contributed by atoms with E-state index in [1.807, 2.05) is 24.3 Å². The van der Waals surface area contributed by atoms with E-state index in [2.05, 4.69) is 20.3 Å². The summed E-state index contributed by atoms with van der Waals surface area (Å²) in [4.78, 5) is 8.80. The molecule has 3 aromatic rings. The molecule has 0 radical (unpaired) electrons. The molecular formula is C17H20ClN5O3. The van der Waals surface area contributed by atoms with Crippen LogP contribution < -0.4 is 10.5 Å². The molecule has 26 heavy (non-hydrogen) atoms. The lowest BCUT2D eigenvalue weighted by Gasteiger charge is -2.34. The fraction of sp³-hybridized carbons (Fsp3) is 0.412. The van der Waals surface area contributed by atoms with Gasteiger partial charge < -0.3 is 19.5 Å². The zero-order valence-corrected chi connectivity index (χ0v) is 15.2. The van der Waals surface area contributed by atoms with Gasteiger partial charge in [0.2, 0.25) is 17.6 Å². The van der Waals surface area contributed by atoms with Gasteiger partial charge in [0.25, 0.3) is 0 Å². The van der Waals surface area contributed by atoms with Crippen molar-refractivity contribution < 1.29 is 13.8 Å². The summed E-state index contributed by atoms with van der Waals surface area (Å²) in [7, 11) is 1.63. The van der Waals surface area contributed by atoms with Gasteiger partial charge in [-0.05, 0) is 43.5 Å². The summed E-state index contributed by atoms with van der Waals surface area (Å²) < 4.78 is 15.7. The molecule has 4 rings (SSSR count). The first-order valence-electron chi connectivity index (χ1n) is 8.25. The molecule has 1 fully saturated rings. The van der Waals surface area contributed by atoms with Gasteiger partial charge in [-0.3, -0.25) is 0 Å². The van der Waals surface area contributed by atoms with Crippen LogP contribution in [0.3, 0.4) is 0 Å². The Bertz CT molecular complexity index is 857. The standard InChI is InChI=1S/C17H19N5O3.ClH/c1-23-12-5-3-11(4-6-12)15-19-13(24-21-15)7-8-14-20-16(22-25-14)17(18)9-2-10-17;/h3-6H,2,7-10,18H2,1H3;1H. The molecule has 1 aromatic carbocycles. The first-order valence-corrected chi connectivity index (χ1v) is 8.25. The van der Waals surface area contributed by atoms with Crippen LogP contribution in [0.5, 0.6) is 5.75 Å². The number of methoxy groups -OCH3 is 1. The van der Waals surface area contributed by atoms with E-state index >= 15 is 0 Å². The van der Waals surface area contributed by atoms with Crippen LogP contribution in [0.2, 0.25) is 0 Å². The number of rotatable bonds is 6. The predicted octanol–water partition coefficient (Wildman–Crippen LogP) is 2.67. The van der Waals surface area contributed by atoms with Crippen LogP contribution in [0.1, 0.15) is 36.9 Å². The Hall–Kier alpha value is -2.45. The second kappa shape index (κ2) is 7.43. The number of ether oxygens (including phenoxy) is 1. The largest absolute Gasteiger partial charge is 0.497 e. The van der Waals surface area contributed by atoms with Crippen molar-refractivity contribution >= 4 is 12.4 Å². The van der Waals surface area contributed by atoms with Crippen LogP contribution in [0, 0.1) is 0 Å². The molecule has 8 nitrogen and oxygen atoms in total. The van der Waals surface area contributed by atoms with Gasteiger partial charge in [-0.2, -0.15) is 9.97 Å². The second-order valence-corrected chi connectivity index (χ2v) is 6.26. The third kappa shape index (κ3) is 3.56. The number of aromatic nitrogens is 4. The van der Waals surface area contributed by atoms with Crippen molar-refractivity contribution in [1.29, 1.82) is 0 Å². The monoisotopic (exact) mass is 377 g/mol. The van der Waals surface area contributed by atoms with Crippen LogP contribution >= 0.6 is 12.4 Å². The van der Waals surface area contributed by atoms with Gasteiger partial charge in [0.1, 0.15) is 5.75 Å². The molecule has 2 aromatic heterocycles. The van der Waals surface area contributed by atoms with Gasteiger partial charge in [0, 0.05) is 18.4 Å². The predicted molar refractivity (Wildman–Crippen MR) is 95.0 cm³/mol. The van der Waals surface area contributed by atoms with Crippen LogP contribution in [-0.4, -0.2) is 27.4 Å². The molecule has 0 unspecified atom stereocenters. The summed E-state index contributed by atoms with van der Waals surface area (Å²) in [6, 6.07) is 7.48. The molecule has 0 saturated heterocycles. The van der Waals surface area contributed by atoms with Crippen molar-refractivity contribution in [3.63, 3.8) is 0 Å². The summed E-state index contributed by atoms with van der Waals surface area (Å²) in [6.45, 7) is 0. The highest BCUT2D eigenvalue weighted by molar-refractivity contribution is 5.85. The highest BCUT2D eigenvalue weighted by Gasteiger charge is 2.38. The Morgan fingerprint density at radius 1 is 1.04 bits per heavy atom. The van der Waals surface area contributed by atoms with Gasteiger partial charge in [-0.15, -0.1) is 12.4 Å². The number of hydrogen-bond acceptors (Lipinski definition) is 8. The number of benzene rings is 1. The maximum atomic E-state index is 6.20. The van der Waals surface area contributed by atoms with Gasteiger partial charge in [-0.25, -0.2) is 0 Å². The van der Waals surface area contributed by atoms with E-state index in [0.29, 0.717) is 36.3 Å². The molecule has 2 N–H and O–H groups in total. The molecule has 9 heteroatoms. The summed E-state index contributed by atoms with van der Waals surface area (Å²) in [5, 5.41) is 8.01. The van der Waals surface area contributed by atoms with Crippen LogP contribution in [0.4, 0.5) is 0 Å². The zero-order chi connectivity index (χ0) is 17.3. The van der Waals surface area contributed by atoms with Gasteiger partial charge in [0.05, 0.1) is 12.6 Å². The quantitative estimate of drug-likeness (QED) is 0.697. The van der Waals surface area contributed by atoms with Crippen molar-refractivity contribution in [2.45, 2.75) is 37.6 Å². The normalized spacial score (nSPS) is 15.2.